The lowest BCUT2D eigenvalue weighted by Gasteiger charge is -2.34. The summed E-state index contributed by atoms with van der Waals surface area (Å²) in [5.41, 5.74) is -0.308. The van der Waals surface area contributed by atoms with Crippen LogP contribution in [0.5, 0.6) is 0 Å². The molecule has 1 amide bonds. The standard InChI is InChI=1S/C5H7N2O2/c8-4-7-3-5(9-4)1-6-2-5/h1,6H,2-3H2,(H,7,8). The number of carbonyl (C=O) groups is 1. The summed E-state index contributed by atoms with van der Waals surface area (Å²) in [4.78, 5) is 10.5. The van der Waals surface area contributed by atoms with E-state index >= 15 is 0 Å². The van der Waals surface area contributed by atoms with E-state index in [0.717, 1.165) is 6.54 Å². The fourth-order valence-electron chi connectivity index (χ4n) is 0.987. The minimum atomic E-state index is -0.312. The summed E-state index contributed by atoms with van der Waals surface area (Å²) in [5.74, 6) is 0. The van der Waals surface area contributed by atoms with Gasteiger partial charge in [0.15, 0.2) is 5.60 Å². The maximum Gasteiger partial charge on any atom is 0.408 e. The predicted molar refractivity (Wildman–Crippen MR) is 29.5 cm³/mol. The SMILES string of the molecule is O=C1NCC2([CH]NC2)O1. The molecule has 2 rings (SSSR count). The van der Waals surface area contributed by atoms with E-state index < -0.39 is 0 Å². The highest BCUT2D eigenvalue weighted by Crippen LogP contribution is 2.23. The van der Waals surface area contributed by atoms with Crippen LogP contribution in [0.3, 0.4) is 0 Å². The van der Waals surface area contributed by atoms with Crippen molar-refractivity contribution < 1.29 is 9.53 Å². The van der Waals surface area contributed by atoms with E-state index in [-0.39, 0.29) is 11.7 Å². The minimum Gasteiger partial charge on any atom is -0.438 e. The Bertz CT molecular complexity index is 153. The van der Waals surface area contributed by atoms with Crippen LogP contribution >= 0.6 is 0 Å². The molecule has 0 bridgehead atoms. The van der Waals surface area contributed by atoms with Crippen LogP contribution in [0.15, 0.2) is 0 Å². The Morgan fingerprint density at radius 2 is 2.44 bits per heavy atom. The van der Waals surface area contributed by atoms with Crippen LogP contribution in [0.4, 0.5) is 4.79 Å². The third-order valence-corrected chi connectivity index (χ3v) is 1.59. The molecule has 49 valence electrons. The van der Waals surface area contributed by atoms with Crippen molar-refractivity contribution in [3.05, 3.63) is 6.54 Å². The van der Waals surface area contributed by atoms with Crippen molar-refractivity contribution in [1.82, 2.24) is 10.6 Å². The lowest BCUT2D eigenvalue weighted by atomic mass is 9.98. The van der Waals surface area contributed by atoms with Crippen molar-refractivity contribution in [1.29, 1.82) is 0 Å². The molecule has 1 spiro atoms. The molecular formula is C5H7N2O2. The molecule has 2 aliphatic heterocycles. The Balaban J connectivity index is 2.07. The third kappa shape index (κ3) is 0.595. The van der Waals surface area contributed by atoms with Crippen LogP contribution in [-0.4, -0.2) is 24.8 Å². The zero-order valence-electron chi connectivity index (χ0n) is 4.81. The van der Waals surface area contributed by atoms with Gasteiger partial charge in [0.1, 0.15) is 0 Å². The van der Waals surface area contributed by atoms with Gasteiger partial charge in [-0.05, 0) is 0 Å². The molecule has 0 aliphatic carbocycles. The zero-order valence-corrected chi connectivity index (χ0v) is 4.81. The molecule has 1 atom stereocenters. The van der Waals surface area contributed by atoms with Crippen LogP contribution in [0, 0.1) is 6.54 Å². The second kappa shape index (κ2) is 1.39. The molecule has 1 unspecified atom stereocenters. The molecule has 2 aliphatic rings. The molecule has 0 aromatic heterocycles. The molecule has 0 saturated carbocycles. The molecule has 0 aromatic rings. The monoisotopic (exact) mass is 127 g/mol. The predicted octanol–water partition coefficient (Wildman–Crippen LogP) is -0.770. The van der Waals surface area contributed by atoms with Gasteiger partial charge in [-0.25, -0.2) is 4.79 Å². The number of carbonyl (C=O) groups excluding carboxylic acids is 1. The quantitative estimate of drug-likeness (QED) is 0.449. The number of nitrogens with one attached hydrogen (secondary N) is 2. The molecule has 1 radical (unpaired) electrons. The molecule has 4 nitrogen and oxygen atoms in total. The Morgan fingerprint density at radius 3 is 2.67 bits per heavy atom. The van der Waals surface area contributed by atoms with E-state index in [2.05, 4.69) is 10.6 Å². The first-order chi connectivity index (χ1) is 4.31. The Kier molecular flexibility index (Phi) is 0.778. The highest BCUT2D eigenvalue weighted by molar-refractivity contribution is 5.71. The van der Waals surface area contributed by atoms with E-state index in [1.807, 2.05) is 0 Å². The van der Waals surface area contributed by atoms with Crippen LogP contribution in [0.25, 0.3) is 0 Å². The summed E-state index contributed by atoms with van der Waals surface area (Å²) >= 11 is 0. The maximum absolute atomic E-state index is 10.5. The molecule has 2 heterocycles. The first kappa shape index (κ1) is 5.05. The average molecular weight is 127 g/mol. The molecule has 2 fully saturated rings. The van der Waals surface area contributed by atoms with Crippen molar-refractivity contribution in [2.45, 2.75) is 5.60 Å². The van der Waals surface area contributed by atoms with Crippen molar-refractivity contribution in [2.24, 2.45) is 0 Å². The van der Waals surface area contributed by atoms with E-state index in [1.54, 1.807) is 6.54 Å². The maximum atomic E-state index is 10.5. The fourth-order valence-corrected chi connectivity index (χ4v) is 0.987. The number of amides is 1. The van der Waals surface area contributed by atoms with Crippen LogP contribution in [0.2, 0.25) is 0 Å². The molecule has 9 heavy (non-hydrogen) atoms. The van der Waals surface area contributed by atoms with E-state index in [9.17, 15) is 4.79 Å². The molecule has 0 aromatic carbocycles. The largest absolute Gasteiger partial charge is 0.438 e. The Morgan fingerprint density at radius 1 is 1.67 bits per heavy atom. The third-order valence-electron chi connectivity index (χ3n) is 1.59. The molecule has 4 heteroatoms. The Hall–Kier alpha value is -0.770. The fraction of sp³-hybridized carbons (Fsp3) is 0.600. The summed E-state index contributed by atoms with van der Waals surface area (Å²) in [5, 5.41) is 5.50. The van der Waals surface area contributed by atoms with Gasteiger partial charge in [-0.2, -0.15) is 0 Å². The van der Waals surface area contributed by atoms with Crippen LogP contribution < -0.4 is 10.6 Å². The van der Waals surface area contributed by atoms with Gasteiger partial charge < -0.3 is 15.4 Å². The van der Waals surface area contributed by atoms with Gasteiger partial charge >= 0.3 is 6.09 Å². The van der Waals surface area contributed by atoms with Crippen LogP contribution in [-0.2, 0) is 4.74 Å². The van der Waals surface area contributed by atoms with Crippen molar-refractivity contribution in [3.63, 3.8) is 0 Å². The smallest absolute Gasteiger partial charge is 0.408 e. The average Bonchev–Trinajstić information content (AvgIpc) is 2.09. The number of hydrogen-bond acceptors (Lipinski definition) is 3. The number of ether oxygens (including phenoxy) is 1. The summed E-state index contributed by atoms with van der Waals surface area (Å²) in [7, 11) is 0. The number of hydrogen-bond donors (Lipinski definition) is 2. The van der Waals surface area contributed by atoms with E-state index in [4.69, 9.17) is 4.74 Å². The lowest BCUT2D eigenvalue weighted by Crippen LogP contribution is -2.57. The van der Waals surface area contributed by atoms with Crippen LogP contribution in [0.1, 0.15) is 0 Å². The second-order valence-corrected chi connectivity index (χ2v) is 2.33. The molecule has 2 N–H and O–H groups in total. The van der Waals surface area contributed by atoms with Gasteiger partial charge in [0, 0.05) is 6.54 Å². The van der Waals surface area contributed by atoms with Gasteiger partial charge in [0.2, 0.25) is 0 Å². The first-order valence-corrected chi connectivity index (χ1v) is 2.85. The number of rotatable bonds is 0. The van der Waals surface area contributed by atoms with Gasteiger partial charge in [-0.3, -0.25) is 0 Å². The van der Waals surface area contributed by atoms with Crippen molar-refractivity contribution in [3.8, 4) is 0 Å². The van der Waals surface area contributed by atoms with Gasteiger partial charge in [-0.15, -0.1) is 0 Å². The topological polar surface area (TPSA) is 50.4 Å². The normalized spacial score (nSPS) is 29.1. The second-order valence-electron chi connectivity index (χ2n) is 2.33. The molecular weight excluding hydrogens is 120 g/mol. The molecule has 2 saturated heterocycles. The van der Waals surface area contributed by atoms with Gasteiger partial charge in [0.05, 0.1) is 13.1 Å². The summed E-state index contributed by atoms with van der Waals surface area (Å²) in [6, 6.07) is 0. The Labute approximate surface area is 52.6 Å². The summed E-state index contributed by atoms with van der Waals surface area (Å²) < 4.78 is 4.92. The summed E-state index contributed by atoms with van der Waals surface area (Å²) in [6.45, 7) is 3.15. The van der Waals surface area contributed by atoms with Gasteiger partial charge in [-0.1, -0.05) is 0 Å². The first-order valence-electron chi connectivity index (χ1n) is 2.85. The summed E-state index contributed by atoms with van der Waals surface area (Å²) in [6.07, 6.45) is -0.312. The van der Waals surface area contributed by atoms with E-state index in [0.29, 0.717) is 6.54 Å². The highest BCUT2D eigenvalue weighted by Gasteiger charge is 2.46. The van der Waals surface area contributed by atoms with Gasteiger partial charge in [0.25, 0.3) is 0 Å². The zero-order chi connectivity index (χ0) is 6.32. The van der Waals surface area contributed by atoms with Crippen molar-refractivity contribution in [2.75, 3.05) is 13.1 Å². The highest BCUT2D eigenvalue weighted by atomic mass is 16.6. The number of alkyl carbamates (subject to hydrolysis) is 1. The lowest BCUT2D eigenvalue weighted by molar-refractivity contribution is 0.0438. The minimum absolute atomic E-state index is 0.308. The van der Waals surface area contributed by atoms with Crippen molar-refractivity contribution >= 4 is 6.09 Å². The van der Waals surface area contributed by atoms with E-state index in [1.165, 1.54) is 0 Å².